The Morgan fingerprint density at radius 3 is 2.52 bits per heavy atom. The average Bonchev–Trinajstić information content (AvgIpc) is 2.91. The number of ketones is 1. The third-order valence-electron chi connectivity index (χ3n) is 7.00. The van der Waals surface area contributed by atoms with Gasteiger partial charge in [0.1, 0.15) is 5.82 Å². The van der Waals surface area contributed by atoms with E-state index in [0.29, 0.717) is 30.6 Å². The molecular formula is C34H43ClFNO3. The van der Waals surface area contributed by atoms with Crippen molar-refractivity contribution in [2.45, 2.75) is 60.3 Å². The van der Waals surface area contributed by atoms with Crippen LogP contribution in [0.5, 0.6) is 0 Å². The zero-order chi connectivity index (χ0) is 29.7. The molecule has 40 heavy (non-hydrogen) atoms. The van der Waals surface area contributed by atoms with Crippen molar-refractivity contribution in [2.75, 3.05) is 20.3 Å². The van der Waals surface area contributed by atoms with Gasteiger partial charge < -0.3 is 10.1 Å². The topological polar surface area (TPSA) is 55.4 Å². The first kappa shape index (κ1) is 33.2. The molecule has 216 valence electrons. The minimum Gasteiger partial charge on any atom is -0.383 e. The van der Waals surface area contributed by atoms with Crippen molar-refractivity contribution in [1.29, 1.82) is 0 Å². The highest BCUT2D eigenvalue weighted by Gasteiger charge is 2.13. The summed E-state index contributed by atoms with van der Waals surface area (Å²) in [7, 11) is 1.61. The number of carbonyl (C=O) groups is 2. The number of carbonyl (C=O) groups excluding carboxylic acids is 2. The van der Waals surface area contributed by atoms with E-state index in [4.69, 9.17) is 16.3 Å². The summed E-state index contributed by atoms with van der Waals surface area (Å²) in [6, 6.07) is 8.07. The van der Waals surface area contributed by atoms with Gasteiger partial charge in [-0.3, -0.25) is 9.59 Å². The molecule has 1 N–H and O–H groups in total. The van der Waals surface area contributed by atoms with Gasteiger partial charge in [-0.2, -0.15) is 0 Å². The van der Waals surface area contributed by atoms with Gasteiger partial charge in [-0.1, -0.05) is 67.5 Å². The number of ether oxygens (including phenoxy) is 1. The van der Waals surface area contributed by atoms with E-state index < -0.39 is 5.82 Å². The number of hydrogen-bond donors (Lipinski definition) is 1. The van der Waals surface area contributed by atoms with Crippen LogP contribution in [-0.2, 0) is 4.74 Å². The fraction of sp³-hybridized carbons (Fsp3) is 0.412. The van der Waals surface area contributed by atoms with Gasteiger partial charge in [0, 0.05) is 30.7 Å². The van der Waals surface area contributed by atoms with Crippen molar-refractivity contribution in [3.05, 3.63) is 92.1 Å². The van der Waals surface area contributed by atoms with Crippen molar-refractivity contribution in [2.24, 2.45) is 11.8 Å². The fourth-order valence-corrected chi connectivity index (χ4v) is 4.83. The highest BCUT2D eigenvalue weighted by molar-refractivity contribution is 6.30. The van der Waals surface area contributed by atoms with Crippen molar-refractivity contribution >= 4 is 35.4 Å². The molecule has 0 spiro atoms. The van der Waals surface area contributed by atoms with Crippen LogP contribution in [0.2, 0.25) is 5.02 Å². The van der Waals surface area contributed by atoms with E-state index in [1.165, 1.54) is 18.2 Å². The summed E-state index contributed by atoms with van der Waals surface area (Å²) in [5.41, 5.74) is 2.67. The molecular weight excluding hydrogens is 525 g/mol. The van der Waals surface area contributed by atoms with E-state index >= 15 is 0 Å². The van der Waals surface area contributed by atoms with Crippen molar-refractivity contribution in [1.82, 2.24) is 5.32 Å². The molecule has 2 atom stereocenters. The Hall–Kier alpha value is -3.02. The van der Waals surface area contributed by atoms with Gasteiger partial charge in [-0.15, -0.1) is 0 Å². The Morgan fingerprint density at radius 1 is 1.15 bits per heavy atom. The first-order valence-electron chi connectivity index (χ1n) is 14.0. The highest BCUT2D eigenvalue weighted by Crippen LogP contribution is 2.20. The lowest BCUT2D eigenvalue weighted by Gasteiger charge is -2.11. The maximum atomic E-state index is 14.1. The molecule has 0 aromatic heterocycles. The van der Waals surface area contributed by atoms with Crippen LogP contribution < -0.4 is 15.8 Å². The van der Waals surface area contributed by atoms with Crippen LogP contribution in [0.3, 0.4) is 0 Å². The zero-order valence-corrected chi connectivity index (χ0v) is 25.4. The van der Waals surface area contributed by atoms with Gasteiger partial charge >= 0.3 is 0 Å². The van der Waals surface area contributed by atoms with E-state index in [-0.39, 0.29) is 28.7 Å². The number of methoxy groups -OCH3 is 1. The van der Waals surface area contributed by atoms with Crippen LogP contribution in [0.15, 0.2) is 54.1 Å². The van der Waals surface area contributed by atoms with Crippen LogP contribution in [0.4, 0.5) is 4.39 Å². The molecule has 2 unspecified atom stereocenters. The molecule has 2 aromatic carbocycles. The smallest absolute Gasteiger partial charge is 0.251 e. The quantitative estimate of drug-likeness (QED) is 0.152. The maximum absolute atomic E-state index is 14.1. The molecule has 2 aromatic rings. The number of Topliss-reactive ketones (excluding diaryl/α,β-unsaturated/α-hetero) is 1. The minimum absolute atomic E-state index is 0.0779. The Balaban J connectivity index is 2.01. The van der Waals surface area contributed by atoms with Crippen LogP contribution in [0.1, 0.15) is 79.7 Å². The molecule has 0 saturated carbocycles. The van der Waals surface area contributed by atoms with Gasteiger partial charge in [0.2, 0.25) is 0 Å². The molecule has 6 heteroatoms. The first-order chi connectivity index (χ1) is 19.1. The summed E-state index contributed by atoms with van der Waals surface area (Å²) in [4.78, 5) is 25.1. The van der Waals surface area contributed by atoms with E-state index in [0.717, 1.165) is 40.8 Å². The number of hydrogen-bond acceptors (Lipinski definition) is 3. The predicted octanol–water partition coefficient (Wildman–Crippen LogP) is 6.96. The Kier molecular flexibility index (Phi) is 14.1. The summed E-state index contributed by atoms with van der Waals surface area (Å²) in [5, 5.41) is 5.38. The van der Waals surface area contributed by atoms with Crippen LogP contribution in [-0.4, -0.2) is 32.0 Å². The Labute approximate surface area is 243 Å². The molecule has 0 radical (unpaired) electrons. The van der Waals surface area contributed by atoms with Crippen molar-refractivity contribution in [3.8, 4) is 0 Å². The summed E-state index contributed by atoms with van der Waals surface area (Å²) >= 11 is 5.80. The third kappa shape index (κ3) is 10.2. The third-order valence-corrected chi connectivity index (χ3v) is 7.24. The van der Waals surface area contributed by atoms with E-state index in [1.807, 2.05) is 32.9 Å². The largest absolute Gasteiger partial charge is 0.383 e. The molecule has 4 nitrogen and oxygen atoms in total. The molecule has 0 fully saturated rings. The molecule has 0 bridgehead atoms. The van der Waals surface area contributed by atoms with Crippen LogP contribution in [0.25, 0.3) is 12.2 Å². The lowest BCUT2D eigenvalue weighted by molar-refractivity contribution is 0.0935. The minimum atomic E-state index is -0.579. The second-order valence-corrected chi connectivity index (χ2v) is 10.7. The molecule has 2 rings (SSSR count). The van der Waals surface area contributed by atoms with Crippen LogP contribution >= 0.6 is 11.6 Å². The number of benzene rings is 2. The second kappa shape index (κ2) is 16.9. The highest BCUT2D eigenvalue weighted by atomic mass is 35.5. The molecule has 0 saturated heterocycles. The Morgan fingerprint density at radius 2 is 1.88 bits per heavy atom. The summed E-state index contributed by atoms with van der Waals surface area (Å²) in [6.45, 7) is 11.2. The summed E-state index contributed by atoms with van der Waals surface area (Å²) < 4.78 is 19.1. The first-order valence-corrected chi connectivity index (χ1v) is 14.3. The predicted molar refractivity (Wildman–Crippen MR) is 165 cm³/mol. The van der Waals surface area contributed by atoms with Gasteiger partial charge in [-0.05, 0) is 92.1 Å². The average molecular weight is 568 g/mol. The van der Waals surface area contributed by atoms with Gasteiger partial charge in [0.15, 0.2) is 5.78 Å². The van der Waals surface area contributed by atoms with E-state index in [9.17, 15) is 14.0 Å². The van der Waals surface area contributed by atoms with E-state index in [2.05, 4.69) is 49.5 Å². The lowest BCUT2D eigenvalue weighted by atomic mass is 9.95. The second-order valence-electron chi connectivity index (χ2n) is 10.3. The van der Waals surface area contributed by atoms with Crippen molar-refractivity contribution in [3.63, 3.8) is 0 Å². The molecule has 1 amide bonds. The molecule has 0 aliphatic rings. The number of rotatable bonds is 14. The molecule has 0 aliphatic heterocycles. The lowest BCUT2D eigenvalue weighted by Crippen LogP contribution is -2.33. The summed E-state index contributed by atoms with van der Waals surface area (Å²) in [6.07, 6.45) is 13.8. The number of amides is 1. The number of halogens is 2. The monoisotopic (exact) mass is 567 g/mol. The van der Waals surface area contributed by atoms with Gasteiger partial charge in [0.05, 0.1) is 12.2 Å². The normalized spacial score (nSPS) is 14.6. The number of nitrogens with one attached hydrogen (secondary N) is 1. The maximum Gasteiger partial charge on any atom is 0.251 e. The number of allylic oxidation sites excluding steroid dienone is 4. The SMILES string of the molecule is CC=c1c(C)c(C(=O)NCCOC)ccc1=CCC(C)C=CCC(/C=C(\C)CC(=O)c1ccc(Cl)cc1F)CC. The standard InChI is InChI=1S/C34H43ClFNO3/c1-7-26(20-24(4)21-33(38)31-17-15-28(35)22-32(31)36)11-9-10-23(3)12-13-27-14-16-30(25(5)29(27)8-2)34(39)37-18-19-40-6/h8-10,13-17,20,22-23,26H,7,11-12,18-19,21H2,1-6H3,(H,37,39)/b10-9?,24-20+,27-13?,29-8?. The zero-order valence-electron chi connectivity index (χ0n) is 24.7. The van der Waals surface area contributed by atoms with Gasteiger partial charge in [-0.25, -0.2) is 4.39 Å². The Bertz CT molecular complexity index is 1350. The molecule has 0 heterocycles. The van der Waals surface area contributed by atoms with Crippen molar-refractivity contribution < 1.29 is 18.7 Å². The van der Waals surface area contributed by atoms with Crippen LogP contribution in [0, 0.1) is 24.6 Å². The molecule has 0 aliphatic carbocycles. The van der Waals surface area contributed by atoms with E-state index in [1.54, 1.807) is 7.11 Å². The fourth-order valence-electron chi connectivity index (χ4n) is 4.67. The van der Waals surface area contributed by atoms with Gasteiger partial charge in [0.25, 0.3) is 5.91 Å². The summed E-state index contributed by atoms with van der Waals surface area (Å²) in [5.74, 6) is -0.251.